The van der Waals surface area contributed by atoms with Gasteiger partial charge in [-0.2, -0.15) is 10.4 Å². The van der Waals surface area contributed by atoms with Crippen LogP contribution in [0.2, 0.25) is 0 Å². The molecule has 6 nitrogen and oxygen atoms in total. The maximum atomic E-state index is 12.0. The van der Waals surface area contributed by atoms with E-state index < -0.39 is 6.10 Å². The Morgan fingerprint density at radius 3 is 2.71 bits per heavy atom. The van der Waals surface area contributed by atoms with Gasteiger partial charge in [0.15, 0.2) is 12.7 Å². The molecule has 0 aliphatic rings. The van der Waals surface area contributed by atoms with Gasteiger partial charge in [0, 0.05) is 5.56 Å². The van der Waals surface area contributed by atoms with Gasteiger partial charge in [0.05, 0.1) is 6.21 Å². The number of nitrogens with one attached hydrogen (secondary N) is 1. The first-order valence-electron chi connectivity index (χ1n) is 7.34. The molecule has 0 heterocycles. The number of carbonyl (C=O) groups is 1. The smallest absolute Gasteiger partial charge is 0.280 e. The van der Waals surface area contributed by atoms with Crippen molar-refractivity contribution in [3.05, 3.63) is 60.2 Å². The second-order valence-corrected chi connectivity index (χ2v) is 4.79. The highest BCUT2D eigenvalue weighted by molar-refractivity contribution is 5.86. The van der Waals surface area contributed by atoms with Crippen molar-refractivity contribution >= 4 is 12.1 Å². The number of benzene rings is 2. The van der Waals surface area contributed by atoms with Crippen molar-refractivity contribution in [2.75, 3.05) is 6.61 Å². The Balaban J connectivity index is 1.91. The van der Waals surface area contributed by atoms with E-state index in [0.717, 1.165) is 0 Å². The molecule has 2 aromatic rings. The molecule has 0 aromatic heterocycles. The minimum Gasteiger partial charge on any atom is -0.481 e. The number of amides is 1. The van der Waals surface area contributed by atoms with Gasteiger partial charge in [0.1, 0.15) is 17.6 Å². The van der Waals surface area contributed by atoms with Gasteiger partial charge in [-0.25, -0.2) is 5.43 Å². The Labute approximate surface area is 140 Å². The third kappa shape index (κ3) is 5.14. The largest absolute Gasteiger partial charge is 0.481 e. The summed E-state index contributed by atoms with van der Waals surface area (Å²) in [6, 6.07) is 18.1. The molecule has 6 heteroatoms. The fraction of sp³-hybridized carbons (Fsp3) is 0.167. The van der Waals surface area contributed by atoms with Crippen LogP contribution in [0.4, 0.5) is 0 Å². The Kier molecular flexibility index (Phi) is 6.35. The molecule has 1 atom stereocenters. The summed E-state index contributed by atoms with van der Waals surface area (Å²) in [5.74, 6) is 0.760. The van der Waals surface area contributed by atoms with Gasteiger partial charge in [-0.15, -0.1) is 0 Å². The van der Waals surface area contributed by atoms with Gasteiger partial charge in [-0.1, -0.05) is 30.3 Å². The lowest BCUT2D eigenvalue weighted by molar-refractivity contribution is -0.127. The van der Waals surface area contributed by atoms with Gasteiger partial charge < -0.3 is 9.47 Å². The van der Waals surface area contributed by atoms with E-state index in [-0.39, 0.29) is 12.5 Å². The lowest BCUT2D eigenvalue weighted by atomic mass is 10.2. The molecular weight excluding hydrogens is 306 g/mol. The predicted molar refractivity (Wildman–Crippen MR) is 89.8 cm³/mol. The monoisotopic (exact) mass is 323 g/mol. The predicted octanol–water partition coefficient (Wildman–Crippen LogP) is 2.51. The lowest BCUT2D eigenvalue weighted by Gasteiger charge is -2.12. The van der Waals surface area contributed by atoms with Crippen LogP contribution in [0.3, 0.4) is 0 Å². The second kappa shape index (κ2) is 8.96. The average Bonchev–Trinajstić information content (AvgIpc) is 2.61. The van der Waals surface area contributed by atoms with Crippen LogP contribution in [0.1, 0.15) is 12.5 Å². The number of para-hydroxylation sites is 2. The zero-order chi connectivity index (χ0) is 17.2. The quantitative estimate of drug-likeness (QED) is 0.627. The van der Waals surface area contributed by atoms with Crippen molar-refractivity contribution in [2.24, 2.45) is 5.10 Å². The minimum absolute atomic E-state index is 0.0564. The maximum Gasteiger partial charge on any atom is 0.280 e. The highest BCUT2D eigenvalue weighted by atomic mass is 16.5. The number of carbonyl (C=O) groups excluding carboxylic acids is 1. The fourth-order valence-electron chi connectivity index (χ4n) is 1.84. The molecule has 0 saturated heterocycles. The molecule has 0 bridgehead atoms. The Hall–Kier alpha value is -3.33. The molecule has 1 N–H and O–H groups in total. The third-order valence-corrected chi connectivity index (χ3v) is 3.01. The summed E-state index contributed by atoms with van der Waals surface area (Å²) >= 11 is 0. The number of ether oxygens (including phenoxy) is 2. The highest BCUT2D eigenvalue weighted by Crippen LogP contribution is 2.15. The van der Waals surface area contributed by atoms with Crippen LogP contribution in [0.25, 0.3) is 0 Å². The Morgan fingerprint density at radius 1 is 1.25 bits per heavy atom. The van der Waals surface area contributed by atoms with Gasteiger partial charge in [-0.05, 0) is 31.2 Å². The number of nitriles is 1. The molecule has 1 unspecified atom stereocenters. The molecule has 0 aliphatic carbocycles. The number of hydrazone groups is 1. The molecule has 0 fully saturated rings. The molecule has 2 aromatic carbocycles. The van der Waals surface area contributed by atoms with Gasteiger partial charge in [0.2, 0.25) is 0 Å². The average molecular weight is 323 g/mol. The zero-order valence-corrected chi connectivity index (χ0v) is 13.2. The Morgan fingerprint density at radius 2 is 1.96 bits per heavy atom. The molecule has 24 heavy (non-hydrogen) atoms. The van der Waals surface area contributed by atoms with Crippen molar-refractivity contribution in [1.29, 1.82) is 5.26 Å². The van der Waals surface area contributed by atoms with Crippen molar-refractivity contribution in [3.8, 4) is 17.6 Å². The second-order valence-electron chi connectivity index (χ2n) is 4.79. The van der Waals surface area contributed by atoms with Crippen LogP contribution in [0, 0.1) is 11.3 Å². The first kappa shape index (κ1) is 17.0. The number of hydrogen-bond donors (Lipinski definition) is 1. The number of rotatable bonds is 7. The van der Waals surface area contributed by atoms with Crippen LogP contribution in [0.15, 0.2) is 59.7 Å². The van der Waals surface area contributed by atoms with E-state index >= 15 is 0 Å². The van der Waals surface area contributed by atoms with E-state index in [0.29, 0.717) is 17.1 Å². The summed E-state index contributed by atoms with van der Waals surface area (Å²) in [5.41, 5.74) is 3.08. The SMILES string of the molecule is CC(Oc1ccccc1)C(=O)NN=Cc1ccccc1OCC#N. The van der Waals surface area contributed by atoms with Crippen molar-refractivity contribution in [3.63, 3.8) is 0 Å². The lowest BCUT2D eigenvalue weighted by Crippen LogP contribution is -2.33. The van der Waals surface area contributed by atoms with Crippen LogP contribution in [-0.4, -0.2) is 24.8 Å². The van der Waals surface area contributed by atoms with Gasteiger partial charge in [0.25, 0.3) is 5.91 Å². The molecule has 0 radical (unpaired) electrons. The molecule has 0 saturated carbocycles. The third-order valence-electron chi connectivity index (χ3n) is 3.01. The standard InChI is InChI=1S/C18H17N3O3/c1-14(24-16-8-3-2-4-9-16)18(22)21-20-13-15-7-5-6-10-17(15)23-12-11-19/h2-10,13-14H,12H2,1H3,(H,21,22). The molecule has 0 aliphatic heterocycles. The van der Waals surface area contributed by atoms with Gasteiger partial charge in [-0.3, -0.25) is 4.79 Å². The Bertz CT molecular complexity index is 739. The highest BCUT2D eigenvalue weighted by Gasteiger charge is 2.13. The molecule has 2 rings (SSSR count). The number of hydrogen-bond acceptors (Lipinski definition) is 5. The van der Waals surface area contributed by atoms with E-state index in [2.05, 4.69) is 10.5 Å². The summed E-state index contributed by atoms with van der Waals surface area (Å²) in [5, 5.41) is 12.5. The molecular formula is C18H17N3O3. The molecule has 122 valence electrons. The van der Waals surface area contributed by atoms with Crippen LogP contribution in [-0.2, 0) is 4.79 Å². The summed E-state index contributed by atoms with van der Waals surface area (Å²) in [6.07, 6.45) is 0.773. The number of nitrogens with zero attached hydrogens (tertiary/aromatic N) is 2. The summed E-state index contributed by atoms with van der Waals surface area (Å²) < 4.78 is 10.8. The summed E-state index contributed by atoms with van der Waals surface area (Å²) in [4.78, 5) is 12.0. The van der Waals surface area contributed by atoms with E-state index in [1.165, 1.54) is 6.21 Å². The normalized spacial score (nSPS) is 11.5. The topological polar surface area (TPSA) is 83.7 Å². The zero-order valence-electron chi connectivity index (χ0n) is 13.2. The summed E-state index contributed by atoms with van der Waals surface area (Å²) in [6.45, 7) is 1.58. The minimum atomic E-state index is -0.686. The van der Waals surface area contributed by atoms with Crippen molar-refractivity contribution < 1.29 is 14.3 Å². The fourth-order valence-corrected chi connectivity index (χ4v) is 1.84. The van der Waals surface area contributed by atoms with Crippen molar-refractivity contribution in [2.45, 2.75) is 13.0 Å². The van der Waals surface area contributed by atoms with E-state index in [9.17, 15) is 4.79 Å². The van der Waals surface area contributed by atoms with Crippen LogP contribution in [0.5, 0.6) is 11.5 Å². The molecule has 0 spiro atoms. The summed E-state index contributed by atoms with van der Waals surface area (Å²) in [7, 11) is 0. The molecule has 1 amide bonds. The van der Waals surface area contributed by atoms with Crippen LogP contribution >= 0.6 is 0 Å². The first-order valence-corrected chi connectivity index (χ1v) is 7.34. The van der Waals surface area contributed by atoms with Crippen LogP contribution < -0.4 is 14.9 Å². The van der Waals surface area contributed by atoms with Crippen molar-refractivity contribution in [1.82, 2.24) is 5.43 Å². The van der Waals surface area contributed by atoms with Gasteiger partial charge >= 0.3 is 0 Å². The maximum absolute atomic E-state index is 12.0. The first-order chi connectivity index (χ1) is 11.7. The van der Waals surface area contributed by atoms with E-state index in [1.54, 1.807) is 37.3 Å². The van der Waals surface area contributed by atoms with E-state index in [4.69, 9.17) is 14.7 Å². The van der Waals surface area contributed by atoms with E-state index in [1.807, 2.05) is 30.3 Å².